The van der Waals surface area contributed by atoms with Crippen molar-refractivity contribution in [3.63, 3.8) is 0 Å². The number of allylic oxidation sites excluding steroid dienone is 1. The molecule has 2 rings (SSSR count). The Balaban J connectivity index is 2.05. The summed E-state index contributed by atoms with van der Waals surface area (Å²) in [5.41, 5.74) is 0.271. The average Bonchev–Trinajstić information content (AvgIpc) is 2.81. The van der Waals surface area contributed by atoms with Gasteiger partial charge in [-0.2, -0.15) is 4.31 Å². The van der Waals surface area contributed by atoms with E-state index >= 15 is 0 Å². The summed E-state index contributed by atoms with van der Waals surface area (Å²) in [6.45, 7) is 12.1. The predicted octanol–water partition coefficient (Wildman–Crippen LogP) is 3.66. The van der Waals surface area contributed by atoms with Crippen LogP contribution in [-0.4, -0.2) is 44.1 Å². The maximum atomic E-state index is 12.9. The van der Waals surface area contributed by atoms with Gasteiger partial charge in [0.2, 0.25) is 10.0 Å². The van der Waals surface area contributed by atoms with Crippen molar-refractivity contribution in [3.05, 3.63) is 42.0 Å². The molecule has 0 saturated carbocycles. The van der Waals surface area contributed by atoms with E-state index in [9.17, 15) is 8.42 Å². The van der Waals surface area contributed by atoms with E-state index in [4.69, 9.17) is 9.31 Å². The van der Waals surface area contributed by atoms with Crippen molar-refractivity contribution >= 4 is 17.1 Å². The largest absolute Gasteiger partial charge is 0.461 e. The number of hydrogen-bond acceptors (Lipinski definition) is 4. The Morgan fingerprint density at radius 1 is 1.07 bits per heavy atom. The van der Waals surface area contributed by atoms with Gasteiger partial charge in [0.05, 0.1) is 22.6 Å². The third-order valence-electron chi connectivity index (χ3n) is 5.20. The standard InChI is InChI=1S/C21H30BNO4S/c1-7-8-16-23(28(24,25)19-13-11-18(2)12-14-19)17-10-9-15-22-26-20(3,4)21(5,6)27-22/h9-14H,15-17H2,1-6H3/b10-9+. The lowest BCUT2D eigenvalue weighted by Crippen LogP contribution is -2.41. The number of hydrogen-bond donors (Lipinski definition) is 0. The summed E-state index contributed by atoms with van der Waals surface area (Å²) in [6, 6.07) is 6.85. The third kappa shape index (κ3) is 5.27. The van der Waals surface area contributed by atoms with Crippen LogP contribution in [0.1, 0.15) is 40.2 Å². The summed E-state index contributed by atoms with van der Waals surface area (Å²) < 4.78 is 39.2. The molecule has 7 heteroatoms. The van der Waals surface area contributed by atoms with E-state index in [-0.39, 0.29) is 36.3 Å². The van der Waals surface area contributed by atoms with Crippen LogP contribution in [0.2, 0.25) is 6.32 Å². The molecule has 0 bridgehead atoms. The van der Waals surface area contributed by atoms with E-state index in [1.807, 2.05) is 46.8 Å². The minimum absolute atomic E-state index is 0.146. The highest BCUT2D eigenvalue weighted by Gasteiger charge is 2.50. The summed E-state index contributed by atoms with van der Waals surface area (Å²) in [7, 11) is -3.94. The quantitative estimate of drug-likeness (QED) is 0.396. The smallest absolute Gasteiger partial charge is 0.403 e. The van der Waals surface area contributed by atoms with Gasteiger partial charge in [-0.25, -0.2) is 8.42 Å². The second kappa shape index (κ2) is 8.83. The van der Waals surface area contributed by atoms with Crippen LogP contribution in [0, 0.1) is 18.8 Å². The first-order valence-corrected chi connectivity index (χ1v) is 10.9. The van der Waals surface area contributed by atoms with Crippen LogP contribution >= 0.6 is 0 Å². The molecule has 0 N–H and O–H groups in total. The lowest BCUT2D eigenvalue weighted by atomic mass is 9.85. The fourth-order valence-electron chi connectivity index (χ4n) is 2.73. The Kier molecular flexibility index (Phi) is 7.16. The summed E-state index contributed by atoms with van der Waals surface area (Å²) in [5, 5.41) is 0. The maximum Gasteiger partial charge on any atom is 0.461 e. The molecule has 5 nitrogen and oxygen atoms in total. The second-order valence-corrected chi connectivity index (χ2v) is 9.87. The molecule has 0 spiro atoms. The predicted molar refractivity (Wildman–Crippen MR) is 113 cm³/mol. The Morgan fingerprint density at radius 2 is 1.64 bits per heavy atom. The maximum absolute atomic E-state index is 12.9. The second-order valence-electron chi connectivity index (χ2n) is 7.93. The van der Waals surface area contributed by atoms with Gasteiger partial charge in [-0.3, -0.25) is 0 Å². The lowest BCUT2D eigenvalue weighted by Gasteiger charge is -2.32. The summed E-state index contributed by atoms with van der Waals surface area (Å²) >= 11 is 0. The van der Waals surface area contributed by atoms with Gasteiger partial charge < -0.3 is 9.31 Å². The fraction of sp³-hybridized carbons (Fsp3) is 0.524. The first kappa shape index (κ1) is 22.7. The molecule has 1 fully saturated rings. The fourth-order valence-corrected chi connectivity index (χ4v) is 4.03. The van der Waals surface area contributed by atoms with E-state index in [0.717, 1.165) is 5.56 Å². The van der Waals surface area contributed by atoms with E-state index in [2.05, 4.69) is 11.8 Å². The molecule has 152 valence electrons. The van der Waals surface area contributed by atoms with Gasteiger partial charge in [0.25, 0.3) is 0 Å². The molecule has 0 atom stereocenters. The third-order valence-corrected chi connectivity index (χ3v) is 7.02. The van der Waals surface area contributed by atoms with Gasteiger partial charge in [0, 0.05) is 12.9 Å². The van der Waals surface area contributed by atoms with Crippen molar-refractivity contribution in [1.29, 1.82) is 0 Å². The molecule has 1 aliphatic rings. The molecule has 1 aromatic rings. The van der Waals surface area contributed by atoms with Gasteiger partial charge in [0.15, 0.2) is 0 Å². The molecule has 0 radical (unpaired) electrons. The number of benzene rings is 1. The van der Waals surface area contributed by atoms with Crippen LogP contribution in [0.5, 0.6) is 0 Å². The SMILES string of the molecule is CC#CCN(C/C=C/CB1OC(C)(C)C(C)(C)O1)S(=O)(=O)c1ccc(C)cc1. The van der Waals surface area contributed by atoms with Crippen LogP contribution < -0.4 is 0 Å². The normalized spacial score (nSPS) is 18.5. The van der Waals surface area contributed by atoms with Crippen LogP contribution in [0.4, 0.5) is 0 Å². The van der Waals surface area contributed by atoms with Crippen molar-refractivity contribution in [2.45, 2.75) is 64.0 Å². The minimum atomic E-state index is -3.61. The monoisotopic (exact) mass is 403 g/mol. The molecular formula is C21H30BNO4S. The van der Waals surface area contributed by atoms with Crippen molar-refractivity contribution in [3.8, 4) is 11.8 Å². The number of rotatable bonds is 7. The molecule has 0 unspecified atom stereocenters. The van der Waals surface area contributed by atoms with Gasteiger partial charge in [-0.15, -0.1) is 5.92 Å². The molecule has 1 aliphatic heterocycles. The highest BCUT2D eigenvalue weighted by molar-refractivity contribution is 7.89. The van der Waals surface area contributed by atoms with Crippen LogP contribution in [-0.2, 0) is 19.3 Å². The zero-order chi connectivity index (χ0) is 21.0. The molecule has 1 aromatic carbocycles. The Hall–Kier alpha value is -1.59. The van der Waals surface area contributed by atoms with Crippen LogP contribution in [0.15, 0.2) is 41.3 Å². The van der Waals surface area contributed by atoms with Crippen molar-refractivity contribution in [2.24, 2.45) is 0 Å². The number of aryl methyl sites for hydroxylation is 1. The van der Waals surface area contributed by atoms with E-state index in [1.165, 1.54) is 4.31 Å². The molecule has 0 aliphatic carbocycles. The highest BCUT2D eigenvalue weighted by atomic mass is 32.2. The zero-order valence-corrected chi connectivity index (χ0v) is 18.5. The minimum Gasteiger partial charge on any atom is -0.403 e. The number of sulfonamides is 1. The molecule has 0 amide bonds. The van der Waals surface area contributed by atoms with Gasteiger partial charge >= 0.3 is 7.12 Å². The van der Waals surface area contributed by atoms with Crippen molar-refractivity contribution in [1.82, 2.24) is 4.31 Å². The number of nitrogens with zero attached hydrogens (tertiary/aromatic N) is 1. The van der Waals surface area contributed by atoms with E-state index in [1.54, 1.807) is 31.2 Å². The Labute approximate surface area is 170 Å². The summed E-state index contributed by atoms with van der Waals surface area (Å²) in [5.74, 6) is 5.62. The van der Waals surface area contributed by atoms with Crippen molar-refractivity contribution in [2.75, 3.05) is 13.1 Å². The summed E-state index contributed by atoms with van der Waals surface area (Å²) in [6.07, 6.45) is 4.29. The van der Waals surface area contributed by atoms with Gasteiger partial charge in [-0.1, -0.05) is 35.8 Å². The average molecular weight is 403 g/mol. The molecule has 28 heavy (non-hydrogen) atoms. The molecule has 1 saturated heterocycles. The first-order valence-electron chi connectivity index (χ1n) is 9.47. The van der Waals surface area contributed by atoms with E-state index < -0.39 is 10.0 Å². The van der Waals surface area contributed by atoms with Crippen LogP contribution in [0.25, 0.3) is 0 Å². The van der Waals surface area contributed by atoms with Gasteiger partial charge in [-0.05, 0) is 53.7 Å². The van der Waals surface area contributed by atoms with Crippen molar-refractivity contribution < 1.29 is 17.7 Å². The highest BCUT2D eigenvalue weighted by Crippen LogP contribution is 2.37. The topological polar surface area (TPSA) is 55.8 Å². The first-order chi connectivity index (χ1) is 13.0. The molecular weight excluding hydrogens is 373 g/mol. The van der Waals surface area contributed by atoms with Crippen LogP contribution in [0.3, 0.4) is 0 Å². The van der Waals surface area contributed by atoms with E-state index in [0.29, 0.717) is 6.32 Å². The zero-order valence-electron chi connectivity index (χ0n) is 17.7. The Morgan fingerprint density at radius 3 is 2.18 bits per heavy atom. The Bertz CT molecular complexity index is 848. The van der Waals surface area contributed by atoms with Gasteiger partial charge in [0.1, 0.15) is 0 Å². The summed E-state index contributed by atoms with van der Waals surface area (Å²) in [4.78, 5) is 0.273. The molecule has 0 aromatic heterocycles. The molecule has 1 heterocycles. The lowest BCUT2D eigenvalue weighted by molar-refractivity contribution is 0.00578.